The highest BCUT2D eigenvalue weighted by atomic mass is 32.2. The lowest BCUT2D eigenvalue weighted by Gasteiger charge is -2.07. The molecule has 1 heterocycles. The summed E-state index contributed by atoms with van der Waals surface area (Å²) in [5, 5.41) is 19.3. The number of unbranched alkanes of at least 4 members (excludes halogenated alkanes) is 1. The third-order valence-electron chi connectivity index (χ3n) is 6.64. The number of aromatic nitrogens is 1. The van der Waals surface area contributed by atoms with Crippen LogP contribution in [0.15, 0.2) is 77.8 Å². The van der Waals surface area contributed by atoms with Gasteiger partial charge in [-0.1, -0.05) is 54.6 Å². The summed E-state index contributed by atoms with van der Waals surface area (Å²) < 4.78 is 7.89. The van der Waals surface area contributed by atoms with Crippen LogP contribution < -0.4 is 4.74 Å². The van der Waals surface area contributed by atoms with Crippen LogP contribution in [0.5, 0.6) is 5.75 Å². The maximum Gasteiger partial charge on any atom is 0.307 e. The molecule has 4 rings (SSSR count). The minimum absolute atomic E-state index is 0.0697. The summed E-state index contributed by atoms with van der Waals surface area (Å²) in [7, 11) is 0. The molecule has 0 unspecified atom stereocenters. The quantitative estimate of drug-likeness (QED) is 0.0891. The van der Waals surface area contributed by atoms with Crippen LogP contribution in [0.25, 0.3) is 23.1 Å². The molecule has 0 atom stereocenters. The van der Waals surface area contributed by atoms with Gasteiger partial charge in [0.1, 0.15) is 5.75 Å². The summed E-state index contributed by atoms with van der Waals surface area (Å²) in [5.41, 5.74) is 4.89. The van der Waals surface area contributed by atoms with E-state index in [1.807, 2.05) is 77.1 Å². The first kappa shape index (κ1) is 29.0. The Morgan fingerprint density at radius 3 is 2.45 bits per heavy atom. The lowest BCUT2D eigenvalue weighted by molar-refractivity contribution is -0.137. The van der Waals surface area contributed by atoms with Crippen LogP contribution >= 0.6 is 11.8 Å². The predicted molar refractivity (Wildman–Crippen MR) is 162 cm³/mol. The van der Waals surface area contributed by atoms with Gasteiger partial charge in [-0.2, -0.15) is 0 Å². The second kappa shape index (κ2) is 14.4. The second-order valence-corrected chi connectivity index (χ2v) is 10.9. The van der Waals surface area contributed by atoms with Crippen molar-refractivity contribution in [2.75, 3.05) is 12.4 Å². The Balaban J connectivity index is 1.35. The van der Waals surface area contributed by atoms with Gasteiger partial charge in [0.05, 0.1) is 13.0 Å². The lowest BCUT2D eigenvalue weighted by Crippen LogP contribution is -2.01. The summed E-state index contributed by atoms with van der Waals surface area (Å²) in [4.78, 5) is 23.8. The van der Waals surface area contributed by atoms with E-state index in [2.05, 4.69) is 31.2 Å². The Labute approximate surface area is 239 Å². The van der Waals surface area contributed by atoms with Crippen LogP contribution in [0.3, 0.4) is 0 Å². The van der Waals surface area contributed by atoms with Gasteiger partial charge < -0.3 is 19.5 Å². The first-order valence-electron chi connectivity index (χ1n) is 13.5. The first-order valence-corrected chi connectivity index (χ1v) is 14.5. The van der Waals surface area contributed by atoms with Crippen molar-refractivity contribution in [1.29, 1.82) is 0 Å². The van der Waals surface area contributed by atoms with Crippen molar-refractivity contribution in [3.8, 4) is 5.75 Å². The van der Waals surface area contributed by atoms with Crippen molar-refractivity contribution in [2.24, 2.45) is 0 Å². The Morgan fingerprint density at radius 1 is 0.900 bits per heavy atom. The van der Waals surface area contributed by atoms with E-state index in [0.717, 1.165) is 51.9 Å². The molecule has 0 amide bonds. The third kappa shape index (κ3) is 8.26. The third-order valence-corrected chi connectivity index (χ3v) is 7.90. The number of carboxylic acid groups (broad SMARTS) is 2. The molecule has 0 bridgehead atoms. The Morgan fingerprint density at radius 2 is 1.70 bits per heavy atom. The van der Waals surface area contributed by atoms with Crippen LogP contribution in [0, 0.1) is 6.92 Å². The Hall–Kier alpha value is -3.97. The van der Waals surface area contributed by atoms with E-state index in [9.17, 15) is 14.7 Å². The van der Waals surface area contributed by atoms with Gasteiger partial charge in [-0.15, -0.1) is 11.8 Å². The highest BCUT2D eigenvalue weighted by Gasteiger charge is 2.14. The SMILES string of the molecule is Cc1ccccc1SCCCCOc1ccc(/C=C/c2cccc3c2c(CC(=O)O)cn3CCCC(=O)O)cc1. The van der Waals surface area contributed by atoms with Gasteiger partial charge in [-0.05, 0) is 78.5 Å². The Kier molecular flexibility index (Phi) is 10.5. The molecule has 208 valence electrons. The smallest absolute Gasteiger partial charge is 0.307 e. The van der Waals surface area contributed by atoms with Gasteiger partial charge >= 0.3 is 11.9 Å². The molecule has 0 aliphatic heterocycles. The van der Waals surface area contributed by atoms with E-state index in [1.54, 1.807) is 0 Å². The molecule has 40 heavy (non-hydrogen) atoms. The number of hydrogen-bond donors (Lipinski definition) is 2. The molecule has 4 aromatic rings. The summed E-state index contributed by atoms with van der Waals surface area (Å²) in [6.07, 6.45) is 8.39. The van der Waals surface area contributed by atoms with Gasteiger partial charge in [0.15, 0.2) is 0 Å². The summed E-state index contributed by atoms with van der Waals surface area (Å²) in [6.45, 7) is 3.34. The summed E-state index contributed by atoms with van der Waals surface area (Å²) in [6, 6.07) is 22.3. The standard InChI is InChI=1S/C33H35NO5S/c1-24-8-2-3-11-30(24)40-21-5-4-20-39-28-17-14-25(15-18-28)13-16-26-9-6-10-29-33(26)27(22-32(37)38)23-34(29)19-7-12-31(35)36/h2-3,6,8-11,13-18,23H,4-5,7,12,19-22H2,1H3,(H,35,36)(H,37,38)/b16-13+. The van der Waals surface area contributed by atoms with Crippen LogP contribution in [-0.2, 0) is 22.6 Å². The molecule has 0 spiro atoms. The fourth-order valence-corrected chi connectivity index (χ4v) is 5.69. The molecule has 7 heteroatoms. The number of thioether (sulfide) groups is 1. The second-order valence-electron chi connectivity index (χ2n) is 9.73. The molecule has 1 aromatic heterocycles. The van der Waals surface area contributed by atoms with Crippen LogP contribution in [0.2, 0.25) is 0 Å². The maximum absolute atomic E-state index is 11.5. The largest absolute Gasteiger partial charge is 0.494 e. The van der Waals surface area contributed by atoms with E-state index < -0.39 is 11.9 Å². The molecular formula is C33H35NO5S. The molecule has 2 N–H and O–H groups in total. The predicted octanol–water partition coefficient (Wildman–Crippen LogP) is 7.56. The van der Waals surface area contributed by atoms with E-state index in [1.165, 1.54) is 10.5 Å². The number of hydrogen-bond acceptors (Lipinski definition) is 4. The van der Waals surface area contributed by atoms with Gasteiger partial charge in [-0.3, -0.25) is 9.59 Å². The normalized spacial score (nSPS) is 11.3. The molecule has 0 saturated heterocycles. The van der Waals surface area contributed by atoms with Crippen molar-refractivity contribution in [3.05, 3.63) is 95.2 Å². The number of benzene rings is 3. The van der Waals surface area contributed by atoms with Gasteiger partial charge in [0, 0.05) is 35.0 Å². The van der Waals surface area contributed by atoms with Gasteiger partial charge in [0.25, 0.3) is 0 Å². The fourth-order valence-electron chi connectivity index (χ4n) is 4.65. The first-order chi connectivity index (χ1) is 19.4. The molecule has 0 aliphatic rings. The number of nitrogens with zero attached hydrogens (tertiary/aromatic N) is 1. The molecule has 0 saturated carbocycles. The Bertz CT molecular complexity index is 1470. The van der Waals surface area contributed by atoms with E-state index in [4.69, 9.17) is 9.84 Å². The van der Waals surface area contributed by atoms with Crippen molar-refractivity contribution in [3.63, 3.8) is 0 Å². The highest BCUT2D eigenvalue weighted by molar-refractivity contribution is 7.99. The zero-order chi connectivity index (χ0) is 28.3. The monoisotopic (exact) mass is 557 g/mol. The van der Waals surface area contributed by atoms with Crippen molar-refractivity contribution < 1.29 is 24.5 Å². The topological polar surface area (TPSA) is 88.8 Å². The van der Waals surface area contributed by atoms with Crippen LogP contribution in [0.4, 0.5) is 0 Å². The van der Waals surface area contributed by atoms with Crippen molar-refractivity contribution >= 4 is 46.8 Å². The highest BCUT2D eigenvalue weighted by Crippen LogP contribution is 2.28. The van der Waals surface area contributed by atoms with E-state index in [-0.39, 0.29) is 12.8 Å². The molecule has 6 nitrogen and oxygen atoms in total. The number of aryl methyl sites for hydroxylation is 2. The van der Waals surface area contributed by atoms with E-state index in [0.29, 0.717) is 19.6 Å². The number of carboxylic acids is 2. The number of fused-ring (bicyclic) bond motifs is 1. The average Bonchev–Trinajstić information content (AvgIpc) is 3.28. The summed E-state index contributed by atoms with van der Waals surface area (Å²) in [5.74, 6) is 0.178. The molecule has 0 fully saturated rings. The minimum atomic E-state index is -0.899. The zero-order valence-corrected chi connectivity index (χ0v) is 23.5. The molecule has 3 aromatic carbocycles. The van der Waals surface area contributed by atoms with E-state index >= 15 is 0 Å². The molecule has 0 aliphatic carbocycles. The van der Waals surface area contributed by atoms with Crippen LogP contribution in [0.1, 0.15) is 47.9 Å². The molecular weight excluding hydrogens is 522 g/mol. The number of rotatable bonds is 15. The lowest BCUT2D eigenvalue weighted by atomic mass is 10.0. The number of carbonyl (C=O) groups is 2. The number of ether oxygens (including phenoxy) is 1. The maximum atomic E-state index is 11.5. The van der Waals surface area contributed by atoms with Crippen molar-refractivity contribution in [2.45, 2.75) is 50.5 Å². The van der Waals surface area contributed by atoms with Gasteiger partial charge in [0.2, 0.25) is 0 Å². The molecule has 0 radical (unpaired) electrons. The summed E-state index contributed by atoms with van der Waals surface area (Å²) >= 11 is 1.89. The number of aliphatic carboxylic acids is 2. The van der Waals surface area contributed by atoms with Gasteiger partial charge in [-0.25, -0.2) is 0 Å². The fraction of sp³-hybridized carbons (Fsp3) is 0.273. The minimum Gasteiger partial charge on any atom is -0.494 e. The average molecular weight is 558 g/mol. The van der Waals surface area contributed by atoms with Crippen LogP contribution in [-0.4, -0.2) is 39.1 Å². The van der Waals surface area contributed by atoms with Crippen molar-refractivity contribution in [1.82, 2.24) is 4.57 Å². The zero-order valence-electron chi connectivity index (χ0n) is 22.7.